The summed E-state index contributed by atoms with van der Waals surface area (Å²) in [5, 5.41) is 2.91. The zero-order valence-electron chi connectivity index (χ0n) is 17.1. The Balaban J connectivity index is 1.82. The molecule has 1 aliphatic carbocycles. The Bertz CT molecular complexity index is 884. The minimum Gasteiger partial charge on any atom is -0.476 e. The highest BCUT2D eigenvalue weighted by atomic mass is 32.2. The summed E-state index contributed by atoms with van der Waals surface area (Å²) in [5.41, 5.74) is 2.61. The fourth-order valence-corrected chi connectivity index (χ4v) is 4.45. The Hall–Kier alpha value is -2.02. The molecule has 0 fully saturated rings. The lowest BCUT2D eigenvalue weighted by molar-refractivity contribution is -0.127. The third kappa shape index (κ3) is 4.69. The van der Waals surface area contributed by atoms with Crippen molar-refractivity contribution < 1.29 is 17.9 Å². The number of nitrogens with one attached hydrogen (secondary N) is 1. The molecule has 1 atom stereocenters. The van der Waals surface area contributed by atoms with E-state index in [4.69, 9.17) is 4.74 Å². The summed E-state index contributed by atoms with van der Waals surface area (Å²) in [6.45, 7) is 6.68. The number of fused-ring (bicyclic) bond motifs is 1. The Morgan fingerprint density at radius 2 is 2.04 bits per heavy atom. The SMILES string of the molecule is CC(C)(C)c1ccc2c(c1)N(S(C)(=O)=O)C[C@@H](C(=O)NCC1=CCCCC1)O2. The predicted molar refractivity (Wildman–Crippen MR) is 111 cm³/mol. The van der Waals surface area contributed by atoms with Crippen LogP contribution in [0, 0.1) is 0 Å². The number of hydrogen-bond acceptors (Lipinski definition) is 4. The number of carbonyl (C=O) groups excluding carboxylic acids is 1. The van der Waals surface area contributed by atoms with Crippen LogP contribution in [0.5, 0.6) is 5.75 Å². The average Bonchev–Trinajstić information content (AvgIpc) is 2.64. The first kappa shape index (κ1) is 20.7. The molecule has 0 aromatic heterocycles. The van der Waals surface area contributed by atoms with Gasteiger partial charge < -0.3 is 10.1 Å². The molecule has 28 heavy (non-hydrogen) atoms. The summed E-state index contributed by atoms with van der Waals surface area (Å²) >= 11 is 0. The summed E-state index contributed by atoms with van der Waals surface area (Å²) in [6.07, 6.45) is 6.86. The first-order valence-electron chi connectivity index (χ1n) is 9.80. The molecule has 0 saturated heterocycles. The zero-order valence-corrected chi connectivity index (χ0v) is 17.9. The lowest BCUT2D eigenvalue weighted by atomic mass is 9.86. The van der Waals surface area contributed by atoms with Gasteiger partial charge in [0.05, 0.1) is 18.5 Å². The number of amides is 1. The lowest BCUT2D eigenvalue weighted by Gasteiger charge is -2.35. The van der Waals surface area contributed by atoms with Crippen molar-refractivity contribution in [2.45, 2.75) is 58.0 Å². The number of carbonyl (C=O) groups is 1. The molecule has 1 aliphatic heterocycles. The van der Waals surface area contributed by atoms with Crippen molar-refractivity contribution in [3.05, 3.63) is 35.4 Å². The van der Waals surface area contributed by atoms with Gasteiger partial charge in [-0.05, 0) is 48.8 Å². The highest BCUT2D eigenvalue weighted by Crippen LogP contribution is 2.38. The lowest BCUT2D eigenvalue weighted by Crippen LogP contribution is -2.50. The summed E-state index contributed by atoms with van der Waals surface area (Å²) < 4.78 is 32.0. The van der Waals surface area contributed by atoms with Crippen LogP contribution in [0.15, 0.2) is 29.8 Å². The highest BCUT2D eigenvalue weighted by molar-refractivity contribution is 7.92. The van der Waals surface area contributed by atoms with E-state index in [1.165, 1.54) is 16.3 Å². The molecule has 0 bridgehead atoms. The van der Waals surface area contributed by atoms with Crippen molar-refractivity contribution in [3.63, 3.8) is 0 Å². The first-order valence-corrected chi connectivity index (χ1v) is 11.6. The molecule has 1 aromatic carbocycles. The number of benzene rings is 1. The molecule has 0 saturated carbocycles. The maximum atomic E-state index is 12.7. The first-order chi connectivity index (χ1) is 13.1. The smallest absolute Gasteiger partial charge is 0.263 e. The van der Waals surface area contributed by atoms with E-state index < -0.39 is 16.1 Å². The molecule has 7 heteroatoms. The number of rotatable bonds is 4. The van der Waals surface area contributed by atoms with Crippen LogP contribution in [0.3, 0.4) is 0 Å². The summed E-state index contributed by atoms with van der Waals surface area (Å²) in [4.78, 5) is 12.7. The maximum absolute atomic E-state index is 12.7. The van der Waals surface area contributed by atoms with Gasteiger partial charge in [0.15, 0.2) is 6.10 Å². The van der Waals surface area contributed by atoms with Gasteiger partial charge in [0.2, 0.25) is 10.0 Å². The van der Waals surface area contributed by atoms with Crippen LogP contribution in [-0.2, 0) is 20.2 Å². The summed E-state index contributed by atoms with van der Waals surface area (Å²) in [5.74, 6) is 0.132. The largest absolute Gasteiger partial charge is 0.476 e. The molecular weight excluding hydrogens is 376 g/mol. The van der Waals surface area contributed by atoms with Crippen LogP contribution >= 0.6 is 0 Å². The second kappa shape index (κ2) is 7.78. The van der Waals surface area contributed by atoms with Gasteiger partial charge in [0, 0.05) is 6.54 Å². The molecule has 3 rings (SSSR count). The molecule has 0 unspecified atom stereocenters. The van der Waals surface area contributed by atoms with Crippen LogP contribution in [0.25, 0.3) is 0 Å². The number of ether oxygens (including phenoxy) is 1. The van der Waals surface area contributed by atoms with E-state index in [-0.39, 0.29) is 17.9 Å². The second-order valence-corrected chi connectivity index (χ2v) is 10.6. The minimum atomic E-state index is -3.54. The van der Waals surface area contributed by atoms with E-state index in [9.17, 15) is 13.2 Å². The quantitative estimate of drug-likeness (QED) is 0.780. The van der Waals surface area contributed by atoms with Gasteiger partial charge in [-0.1, -0.05) is 38.5 Å². The van der Waals surface area contributed by atoms with E-state index >= 15 is 0 Å². The van der Waals surface area contributed by atoms with E-state index in [1.54, 1.807) is 6.07 Å². The molecule has 1 aromatic rings. The third-order valence-corrected chi connectivity index (χ3v) is 6.41. The molecule has 0 spiro atoms. The molecule has 1 heterocycles. The topological polar surface area (TPSA) is 75.7 Å². The monoisotopic (exact) mass is 406 g/mol. The Morgan fingerprint density at radius 1 is 1.29 bits per heavy atom. The maximum Gasteiger partial charge on any atom is 0.263 e. The number of allylic oxidation sites excluding steroid dienone is 1. The fourth-order valence-electron chi connectivity index (χ4n) is 3.55. The van der Waals surface area contributed by atoms with Crippen LogP contribution in [0.4, 0.5) is 5.69 Å². The van der Waals surface area contributed by atoms with E-state index in [2.05, 4.69) is 32.2 Å². The molecular formula is C21H30N2O4S. The number of hydrogen-bond donors (Lipinski definition) is 1. The van der Waals surface area contributed by atoms with E-state index in [1.807, 2.05) is 12.1 Å². The van der Waals surface area contributed by atoms with Crippen LogP contribution in [0.2, 0.25) is 0 Å². The van der Waals surface area contributed by atoms with Gasteiger partial charge in [-0.15, -0.1) is 0 Å². The zero-order chi connectivity index (χ0) is 20.5. The summed E-state index contributed by atoms with van der Waals surface area (Å²) in [7, 11) is -3.54. The molecule has 154 valence electrons. The predicted octanol–water partition coefficient (Wildman–Crippen LogP) is 3.13. The van der Waals surface area contributed by atoms with Crippen molar-refractivity contribution in [2.24, 2.45) is 0 Å². The van der Waals surface area contributed by atoms with Crippen molar-refractivity contribution in [1.82, 2.24) is 5.32 Å². The van der Waals surface area contributed by atoms with Gasteiger partial charge in [-0.3, -0.25) is 9.10 Å². The number of sulfonamides is 1. The molecule has 0 radical (unpaired) electrons. The van der Waals surface area contributed by atoms with Crippen LogP contribution in [0.1, 0.15) is 52.0 Å². The summed E-state index contributed by atoms with van der Waals surface area (Å²) in [6, 6.07) is 5.53. The van der Waals surface area contributed by atoms with Crippen molar-refractivity contribution in [3.8, 4) is 5.75 Å². The van der Waals surface area contributed by atoms with Crippen LogP contribution < -0.4 is 14.4 Å². The number of nitrogens with zero attached hydrogens (tertiary/aromatic N) is 1. The average molecular weight is 407 g/mol. The van der Waals surface area contributed by atoms with Gasteiger partial charge in [-0.2, -0.15) is 0 Å². The molecule has 2 aliphatic rings. The van der Waals surface area contributed by atoms with E-state index in [0.29, 0.717) is 18.0 Å². The minimum absolute atomic E-state index is 0.0235. The molecule has 1 amide bonds. The Labute approximate surface area is 168 Å². The van der Waals surface area contributed by atoms with Gasteiger partial charge in [-0.25, -0.2) is 8.42 Å². The van der Waals surface area contributed by atoms with Crippen molar-refractivity contribution in [2.75, 3.05) is 23.7 Å². The fraction of sp³-hybridized carbons (Fsp3) is 0.571. The second-order valence-electron chi connectivity index (χ2n) is 8.66. The number of anilines is 1. The molecule has 1 N–H and O–H groups in total. The van der Waals surface area contributed by atoms with Gasteiger partial charge >= 0.3 is 0 Å². The normalized spacial score (nSPS) is 20.1. The molecule has 6 nitrogen and oxygen atoms in total. The standard InChI is InChI=1S/C21H30N2O4S/c1-21(2,3)16-10-11-18-17(12-16)23(28(4,25)26)14-19(27-18)20(24)22-13-15-8-6-5-7-9-15/h8,10-12,19H,5-7,9,13-14H2,1-4H3,(H,22,24)/t19-/m0/s1. The third-order valence-electron chi connectivity index (χ3n) is 5.26. The van der Waals surface area contributed by atoms with Gasteiger partial charge in [0.1, 0.15) is 5.75 Å². The Morgan fingerprint density at radius 3 is 2.64 bits per heavy atom. The van der Waals surface area contributed by atoms with E-state index in [0.717, 1.165) is 31.1 Å². The highest BCUT2D eigenvalue weighted by Gasteiger charge is 2.35. The Kier molecular flexibility index (Phi) is 5.75. The van der Waals surface area contributed by atoms with Gasteiger partial charge in [0.25, 0.3) is 5.91 Å². The van der Waals surface area contributed by atoms with Crippen LogP contribution in [-0.4, -0.2) is 39.8 Å². The van der Waals surface area contributed by atoms with Crippen molar-refractivity contribution in [1.29, 1.82) is 0 Å². The van der Waals surface area contributed by atoms with Crippen molar-refractivity contribution >= 4 is 21.6 Å².